The van der Waals surface area contributed by atoms with Gasteiger partial charge in [0.1, 0.15) is 0 Å². The molecule has 2 aromatic carbocycles. The minimum absolute atomic E-state index is 0.129. The molecule has 2 aromatic rings. The van der Waals surface area contributed by atoms with Gasteiger partial charge in [0.25, 0.3) is 10.0 Å². The van der Waals surface area contributed by atoms with Crippen molar-refractivity contribution in [3.8, 4) is 0 Å². The van der Waals surface area contributed by atoms with E-state index in [1.807, 2.05) is 18.2 Å². The molecule has 0 unspecified atom stereocenters. The molecule has 2 rings (SSSR count). The zero-order valence-electron chi connectivity index (χ0n) is 9.52. The third kappa shape index (κ3) is 2.95. The van der Waals surface area contributed by atoms with Gasteiger partial charge >= 0.3 is 0 Å². The van der Waals surface area contributed by atoms with Gasteiger partial charge in [0.15, 0.2) is 0 Å². The fourth-order valence-corrected chi connectivity index (χ4v) is 2.23. The standard InChI is InChI=1S/C13H12N2O2S/c14-12-6-8-13(9-7-12)18(16,17)15-10-11-4-2-1-3-5-11/h1-10H,14H2. The Kier molecular flexibility index (Phi) is 3.43. The van der Waals surface area contributed by atoms with Gasteiger partial charge in [-0.15, -0.1) is 0 Å². The normalized spacial score (nSPS) is 11.8. The Hall–Kier alpha value is -2.14. The molecule has 2 N–H and O–H groups in total. The third-order valence-corrected chi connectivity index (χ3v) is 3.57. The summed E-state index contributed by atoms with van der Waals surface area (Å²) in [6.07, 6.45) is 1.33. The summed E-state index contributed by atoms with van der Waals surface area (Å²) in [5.74, 6) is 0. The molecule has 0 saturated carbocycles. The van der Waals surface area contributed by atoms with E-state index < -0.39 is 10.0 Å². The van der Waals surface area contributed by atoms with E-state index >= 15 is 0 Å². The lowest BCUT2D eigenvalue weighted by molar-refractivity contribution is 0.598. The Balaban J connectivity index is 2.28. The van der Waals surface area contributed by atoms with Gasteiger partial charge in [-0.3, -0.25) is 0 Å². The van der Waals surface area contributed by atoms with Crippen LogP contribution in [0.25, 0.3) is 0 Å². The summed E-state index contributed by atoms with van der Waals surface area (Å²) in [4.78, 5) is 0.129. The van der Waals surface area contributed by atoms with Crippen molar-refractivity contribution in [1.82, 2.24) is 0 Å². The van der Waals surface area contributed by atoms with Crippen LogP contribution in [0.5, 0.6) is 0 Å². The lowest BCUT2D eigenvalue weighted by Crippen LogP contribution is -1.98. The minimum atomic E-state index is -3.66. The second-order valence-corrected chi connectivity index (χ2v) is 5.32. The number of nitrogen functional groups attached to an aromatic ring is 1. The fourth-order valence-electron chi connectivity index (χ4n) is 1.37. The topological polar surface area (TPSA) is 72.5 Å². The third-order valence-electron chi connectivity index (χ3n) is 2.32. The maximum atomic E-state index is 11.9. The van der Waals surface area contributed by atoms with Gasteiger partial charge < -0.3 is 5.73 Å². The molecule has 5 heteroatoms. The van der Waals surface area contributed by atoms with Crippen LogP contribution in [0.2, 0.25) is 0 Å². The van der Waals surface area contributed by atoms with Crippen LogP contribution >= 0.6 is 0 Å². The number of hydrogen-bond donors (Lipinski definition) is 1. The van der Waals surface area contributed by atoms with Gasteiger partial charge in [0.2, 0.25) is 0 Å². The molecule has 18 heavy (non-hydrogen) atoms. The van der Waals surface area contributed by atoms with Gasteiger partial charge in [0, 0.05) is 11.9 Å². The highest BCUT2D eigenvalue weighted by Crippen LogP contribution is 2.14. The van der Waals surface area contributed by atoms with Crippen molar-refractivity contribution < 1.29 is 8.42 Å². The molecule has 0 heterocycles. The molecule has 4 nitrogen and oxygen atoms in total. The molecule has 0 aliphatic heterocycles. The number of nitrogens with two attached hydrogens (primary N) is 1. The van der Waals surface area contributed by atoms with Crippen LogP contribution in [0.15, 0.2) is 63.9 Å². The fraction of sp³-hybridized carbons (Fsp3) is 0. The van der Waals surface area contributed by atoms with Crippen LogP contribution in [0.4, 0.5) is 5.69 Å². The predicted octanol–water partition coefficient (Wildman–Crippen LogP) is 2.08. The predicted molar refractivity (Wildman–Crippen MR) is 72.1 cm³/mol. The number of rotatable bonds is 3. The SMILES string of the molecule is Nc1ccc(S(=O)(=O)N=Cc2ccccc2)cc1. The van der Waals surface area contributed by atoms with Crippen LogP contribution in [0, 0.1) is 0 Å². The van der Waals surface area contributed by atoms with Crippen molar-refractivity contribution in [3.63, 3.8) is 0 Å². The summed E-state index contributed by atoms with van der Waals surface area (Å²) in [6, 6.07) is 15.0. The van der Waals surface area contributed by atoms with Crippen molar-refractivity contribution >= 4 is 21.9 Å². The number of nitrogens with zero attached hydrogens (tertiary/aromatic N) is 1. The largest absolute Gasteiger partial charge is 0.399 e. The Morgan fingerprint density at radius 3 is 2.17 bits per heavy atom. The zero-order valence-corrected chi connectivity index (χ0v) is 10.3. The second-order valence-electron chi connectivity index (χ2n) is 3.69. The molecular formula is C13H12N2O2S. The second kappa shape index (κ2) is 5.01. The minimum Gasteiger partial charge on any atom is -0.399 e. The highest BCUT2D eigenvalue weighted by molar-refractivity contribution is 7.90. The number of benzene rings is 2. The summed E-state index contributed by atoms with van der Waals surface area (Å²) in [5, 5.41) is 0. The first kappa shape index (κ1) is 12.3. The molecule has 0 aromatic heterocycles. The number of hydrogen-bond acceptors (Lipinski definition) is 3. The maximum Gasteiger partial charge on any atom is 0.282 e. The Bertz CT molecular complexity index is 647. The summed E-state index contributed by atoms with van der Waals surface area (Å²) < 4.78 is 27.4. The van der Waals surface area contributed by atoms with Crippen LogP contribution in [-0.2, 0) is 10.0 Å². The van der Waals surface area contributed by atoms with Gasteiger partial charge in [-0.05, 0) is 29.8 Å². The highest BCUT2D eigenvalue weighted by atomic mass is 32.2. The molecular weight excluding hydrogens is 248 g/mol. The van der Waals surface area contributed by atoms with Crippen molar-refractivity contribution in [2.24, 2.45) is 4.40 Å². The summed E-state index contributed by atoms with van der Waals surface area (Å²) in [5.41, 5.74) is 6.75. The van der Waals surface area contributed by atoms with Crippen LogP contribution in [0.1, 0.15) is 5.56 Å². The number of sulfonamides is 1. The quantitative estimate of drug-likeness (QED) is 0.678. The first-order valence-electron chi connectivity index (χ1n) is 5.29. The van der Waals surface area contributed by atoms with Crippen molar-refractivity contribution in [2.45, 2.75) is 4.90 Å². The molecule has 0 bridgehead atoms. The first-order valence-corrected chi connectivity index (χ1v) is 6.73. The molecule has 0 radical (unpaired) electrons. The van der Waals surface area contributed by atoms with E-state index in [2.05, 4.69) is 4.40 Å². The summed E-state index contributed by atoms with van der Waals surface area (Å²) >= 11 is 0. The van der Waals surface area contributed by atoms with E-state index in [1.54, 1.807) is 12.1 Å². The highest BCUT2D eigenvalue weighted by Gasteiger charge is 2.10. The van der Waals surface area contributed by atoms with E-state index in [9.17, 15) is 8.42 Å². The first-order chi connectivity index (χ1) is 8.58. The van der Waals surface area contributed by atoms with Gasteiger partial charge in [-0.25, -0.2) is 0 Å². The van der Waals surface area contributed by atoms with Crippen molar-refractivity contribution in [2.75, 3.05) is 5.73 Å². The Morgan fingerprint density at radius 1 is 0.944 bits per heavy atom. The smallest absolute Gasteiger partial charge is 0.282 e. The van der Waals surface area contributed by atoms with E-state index in [4.69, 9.17) is 5.73 Å². The van der Waals surface area contributed by atoms with Crippen LogP contribution < -0.4 is 5.73 Å². The van der Waals surface area contributed by atoms with Gasteiger partial charge in [-0.2, -0.15) is 12.8 Å². The molecule has 0 saturated heterocycles. The van der Waals surface area contributed by atoms with E-state index in [0.29, 0.717) is 5.69 Å². The lowest BCUT2D eigenvalue weighted by atomic mass is 10.2. The zero-order chi connectivity index (χ0) is 13.0. The van der Waals surface area contributed by atoms with Crippen molar-refractivity contribution in [1.29, 1.82) is 0 Å². The lowest BCUT2D eigenvalue weighted by Gasteiger charge is -1.99. The maximum absolute atomic E-state index is 11.9. The molecule has 0 aliphatic rings. The molecule has 0 amide bonds. The summed E-state index contributed by atoms with van der Waals surface area (Å²) in [6.45, 7) is 0. The van der Waals surface area contributed by atoms with E-state index in [0.717, 1.165) is 5.56 Å². The molecule has 0 spiro atoms. The molecule has 92 valence electrons. The average molecular weight is 260 g/mol. The monoisotopic (exact) mass is 260 g/mol. The molecule has 0 fully saturated rings. The van der Waals surface area contributed by atoms with Gasteiger partial charge in [-0.1, -0.05) is 30.3 Å². The Morgan fingerprint density at radius 2 is 1.56 bits per heavy atom. The van der Waals surface area contributed by atoms with Crippen LogP contribution in [-0.4, -0.2) is 14.6 Å². The van der Waals surface area contributed by atoms with E-state index in [-0.39, 0.29) is 4.90 Å². The van der Waals surface area contributed by atoms with E-state index in [1.165, 1.54) is 30.5 Å². The Labute approximate surface area is 106 Å². The van der Waals surface area contributed by atoms with Crippen LogP contribution in [0.3, 0.4) is 0 Å². The average Bonchev–Trinajstić information content (AvgIpc) is 2.38. The van der Waals surface area contributed by atoms with Crippen molar-refractivity contribution in [3.05, 3.63) is 60.2 Å². The van der Waals surface area contributed by atoms with Gasteiger partial charge in [0.05, 0.1) is 4.90 Å². The number of anilines is 1. The molecule has 0 aliphatic carbocycles. The molecule has 0 atom stereocenters. The summed E-state index contributed by atoms with van der Waals surface area (Å²) in [7, 11) is -3.66.